The lowest BCUT2D eigenvalue weighted by Crippen LogP contribution is -2.40. The van der Waals surface area contributed by atoms with E-state index in [2.05, 4.69) is 5.32 Å². The molecule has 110 valence electrons. The largest absolute Gasteiger partial charge is 0.497 e. The number of benzene rings is 1. The molecular weight excluding hydrogens is 256 g/mol. The number of nitrogens with zero attached hydrogens (tertiary/aromatic N) is 1. The van der Waals surface area contributed by atoms with Crippen LogP contribution in [0.15, 0.2) is 24.3 Å². The van der Waals surface area contributed by atoms with E-state index in [4.69, 9.17) is 9.47 Å². The lowest BCUT2D eigenvalue weighted by molar-refractivity contribution is -0.131. The summed E-state index contributed by atoms with van der Waals surface area (Å²) in [4.78, 5) is 13.9. The summed E-state index contributed by atoms with van der Waals surface area (Å²) in [5, 5.41) is 3.25. The van der Waals surface area contributed by atoms with Gasteiger partial charge in [-0.15, -0.1) is 0 Å². The van der Waals surface area contributed by atoms with E-state index in [-0.39, 0.29) is 18.1 Å². The number of rotatable bonds is 6. The van der Waals surface area contributed by atoms with Gasteiger partial charge in [0.25, 0.3) is 0 Å². The number of amides is 1. The van der Waals surface area contributed by atoms with E-state index in [1.54, 1.807) is 7.11 Å². The molecule has 1 fully saturated rings. The molecule has 2 rings (SSSR count). The molecule has 0 aliphatic carbocycles. The van der Waals surface area contributed by atoms with Gasteiger partial charge in [-0.3, -0.25) is 10.1 Å². The third kappa shape index (κ3) is 3.11. The molecule has 2 atom stereocenters. The molecule has 1 amide bonds. The molecule has 1 aromatic rings. The summed E-state index contributed by atoms with van der Waals surface area (Å²) in [7, 11) is 1.64. The molecule has 1 saturated heterocycles. The molecule has 1 N–H and O–H groups in total. The Bertz CT molecular complexity index is 447. The van der Waals surface area contributed by atoms with Crippen LogP contribution in [0.5, 0.6) is 5.75 Å². The summed E-state index contributed by atoms with van der Waals surface area (Å²) in [5.74, 6) is 0.921. The second-order valence-electron chi connectivity index (χ2n) is 4.87. The lowest BCUT2D eigenvalue weighted by Gasteiger charge is -2.30. The average molecular weight is 278 g/mol. The number of carbonyl (C=O) groups excluding carboxylic acids is 1. The van der Waals surface area contributed by atoms with Crippen molar-refractivity contribution in [1.29, 1.82) is 0 Å². The van der Waals surface area contributed by atoms with Crippen molar-refractivity contribution in [3.63, 3.8) is 0 Å². The minimum absolute atomic E-state index is 0.0459. The maximum Gasteiger partial charge on any atom is 0.238 e. The Labute approximate surface area is 119 Å². The molecule has 0 radical (unpaired) electrons. The zero-order valence-electron chi connectivity index (χ0n) is 12.3. The Hall–Kier alpha value is -1.59. The molecule has 1 aliphatic rings. The highest BCUT2D eigenvalue weighted by atomic mass is 16.5. The van der Waals surface area contributed by atoms with E-state index in [0.29, 0.717) is 19.8 Å². The topological polar surface area (TPSA) is 50.8 Å². The Morgan fingerprint density at radius 2 is 2.10 bits per heavy atom. The van der Waals surface area contributed by atoms with Crippen LogP contribution < -0.4 is 10.1 Å². The van der Waals surface area contributed by atoms with Crippen LogP contribution in [0.2, 0.25) is 0 Å². The van der Waals surface area contributed by atoms with Gasteiger partial charge >= 0.3 is 0 Å². The second-order valence-corrected chi connectivity index (χ2v) is 4.87. The highest BCUT2D eigenvalue weighted by Crippen LogP contribution is 2.26. The Balaban J connectivity index is 2.13. The van der Waals surface area contributed by atoms with Gasteiger partial charge in [0.05, 0.1) is 26.3 Å². The van der Waals surface area contributed by atoms with Gasteiger partial charge in [-0.2, -0.15) is 0 Å². The minimum Gasteiger partial charge on any atom is -0.497 e. The van der Waals surface area contributed by atoms with Crippen molar-refractivity contribution < 1.29 is 14.3 Å². The van der Waals surface area contributed by atoms with Crippen LogP contribution in [0.1, 0.15) is 25.6 Å². The maximum absolute atomic E-state index is 12.1. The number of hydrogen-bond donors (Lipinski definition) is 1. The van der Waals surface area contributed by atoms with E-state index in [9.17, 15) is 4.79 Å². The lowest BCUT2D eigenvalue weighted by atomic mass is 10.1. The monoisotopic (exact) mass is 278 g/mol. The molecule has 0 spiro atoms. The van der Waals surface area contributed by atoms with Gasteiger partial charge in [0.15, 0.2) is 0 Å². The zero-order valence-corrected chi connectivity index (χ0v) is 12.3. The molecule has 5 nitrogen and oxygen atoms in total. The van der Waals surface area contributed by atoms with Gasteiger partial charge in [-0.25, -0.2) is 0 Å². The molecule has 0 bridgehead atoms. The van der Waals surface area contributed by atoms with Crippen LogP contribution >= 0.6 is 0 Å². The smallest absolute Gasteiger partial charge is 0.238 e. The highest BCUT2D eigenvalue weighted by molar-refractivity contribution is 5.81. The number of methoxy groups -OCH3 is 1. The molecule has 0 aromatic heterocycles. The molecule has 1 heterocycles. The van der Waals surface area contributed by atoms with Gasteiger partial charge in [0, 0.05) is 6.61 Å². The Kier molecular flexibility index (Phi) is 4.98. The molecule has 5 heteroatoms. The summed E-state index contributed by atoms with van der Waals surface area (Å²) >= 11 is 0. The first kappa shape index (κ1) is 14.8. The summed E-state index contributed by atoms with van der Waals surface area (Å²) in [6.45, 7) is 5.55. The molecule has 2 unspecified atom stereocenters. The van der Waals surface area contributed by atoms with Gasteiger partial charge in [-0.05, 0) is 31.5 Å². The third-order valence-corrected chi connectivity index (χ3v) is 3.48. The van der Waals surface area contributed by atoms with Gasteiger partial charge in [0.2, 0.25) is 5.91 Å². The van der Waals surface area contributed by atoms with Crippen LogP contribution in [0.25, 0.3) is 0 Å². The van der Waals surface area contributed by atoms with Crippen molar-refractivity contribution in [1.82, 2.24) is 10.2 Å². The van der Waals surface area contributed by atoms with Crippen molar-refractivity contribution in [3.05, 3.63) is 29.8 Å². The number of carbonyl (C=O) groups is 1. The molecule has 1 aliphatic heterocycles. The predicted octanol–water partition coefficient (Wildman–Crippen LogP) is 1.55. The van der Waals surface area contributed by atoms with Crippen LogP contribution in [0, 0.1) is 0 Å². The summed E-state index contributed by atoms with van der Waals surface area (Å²) in [6, 6.07) is 7.83. The van der Waals surface area contributed by atoms with Crippen molar-refractivity contribution in [2.75, 3.05) is 26.9 Å². The van der Waals surface area contributed by atoms with Crippen LogP contribution in [-0.2, 0) is 9.53 Å². The first-order valence-corrected chi connectivity index (χ1v) is 6.93. The number of ether oxygens (including phenoxy) is 2. The SMILES string of the molecule is CCOCC(C)N1C(=O)CNC1c1ccc(OC)cc1. The molecular formula is C15H22N2O3. The minimum atomic E-state index is -0.0936. The van der Waals surface area contributed by atoms with Crippen molar-refractivity contribution in [2.45, 2.75) is 26.1 Å². The van der Waals surface area contributed by atoms with Gasteiger partial charge < -0.3 is 14.4 Å². The van der Waals surface area contributed by atoms with Gasteiger partial charge in [-0.1, -0.05) is 12.1 Å². The second kappa shape index (κ2) is 6.72. The fourth-order valence-corrected chi connectivity index (χ4v) is 2.45. The highest BCUT2D eigenvalue weighted by Gasteiger charge is 2.34. The van der Waals surface area contributed by atoms with Crippen LogP contribution in [0.3, 0.4) is 0 Å². The standard InChI is InChI=1S/C15H22N2O3/c1-4-20-10-11(2)17-14(18)9-16-15(17)12-5-7-13(19-3)8-6-12/h5-8,11,15-16H,4,9-10H2,1-3H3. The number of hydrogen-bond acceptors (Lipinski definition) is 4. The first-order valence-electron chi connectivity index (χ1n) is 6.93. The van der Waals surface area contributed by atoms with E-state index >= 15 is 0 Å². The van der Waals surface area contributed by atoms with Crippen LogP contribution in [0.4, 0.5) is 0 Å². The normalized spacial score (nSPS) is 20.2. The van der Waals surface area contributed by atoms with Crippen molar-refractivity contribution in [3.8, 4) is 5.75 Å². The number of nitrogens with one attached hydrogen (secondary N) is 1. The third-order valence-electron chi connectivity index (χ3n) is 3.48. The molecule has 1 aromatic carbocycles. The molecule has 20 heavy (non-hydrogen) atoms. The average Bonchev–Trinajstić information content (AvgIpc) is 2.86. The summed E-state index contributed by atoms with van der Waals surface area (Å²) in [5.41, 5.74) is 1.06. The Morgan fingerprint density at radius 3 is 2.70 bits per heavy atom. The van der Waals surface area contributed by atoms with E-state index in [1.165, 1.54) is 0 Å². The predicted molar refractivity (Wildman–Crippen MR) is 76.5 cm³/mol. The fourth-order valence-electron chi connectivity index (χ4n) is 2.45. The van der Waals surface area contributed by atoms with E-state index in [0.717, 1.165) is 11.3 Å². The Morgan fingerprint density at radius 1 is 1.40 bits per heavy atom. The summed E-state index contributed by atoms with van der Waals surface area (Å²) < 4.78 is 10.6. The summed E-state index contributed by atoms with van der Waals surface area (Å²) in [6.07, 6.45) is -0.0936. The first-order chi connectivity index (χ1) is 9.67. The fraction of sp³-hybridized carbons (Fsp3) is 0.533. The molecule has 0 saturated carbocycles. The van der Waals surface area contributed by atoms with E-state index < -0.39 is 0 Å². The van der Waals surface area contributed by atoms with E-state index in [1.807, 2.05) is 43.0 Å². The van der Waals surface area contributed by atoms with Crippen LogP contribution in [-0.4, -0.2) is 43.7 Å². The zero-order chi connectivity index (χ0) is 14.5. The maximum atomic E-state index is 12.1. The van der Waals surface area contributed by atoms with Crippen molar-refractivity contribution in [2.24, 2.45) is 0 Å². The van der Waals surface area contributed by atoms with Gasteiger partial charge in [0.1, 0.15) is 11.9 Å². The quantitative estimate of drug-likeness (QED) is 0.858. The van der Waals surface area contributed by atoms with Crippen molar-refractivity contribution >= 4 is 5.91 Å².